The fraction of sp³-hybridized carbons (Fsp3) is 0.458. The van der Waals surface area contributed by atoms with E-state index in [1.807, 2.05) is 23.2 Å². The Labute approximate surface area is 193 Å². The number of nitrogens with zero attached hydrogens (tertiary/aromatic N) is 4. The van der Waals surface area contributed by atoms with E-state index in [9.17, 15) is 4.79 Å². The molecular formula is C24H28Cl2N4O. The molecule has 31 heavy (non-hydrogen) atoms. The van der Waals surface area contributed by atoms with Gasteiger partial charge in [-0.25, -0.2) is 9.97 Å². The second-order valence-electron chi connectivity index (χ2n) is 8.24. The van der Waals surface area contributed by atoms with Gasteiger partial charge >= 0.3 is 0 Å². The van der Waals surface area contributed by atoms with Gasteiger partial charge in [0.1, 0.15) is 11.3 Å². The largest absolute Gasteiger partial charge is 0.331 e. The number of fused-ring (bicyclic) bond motifs is 1. The van der Waals surface area contributed by atoms with Crippen LogP contribution in [0.2, 0.25) is 10.0 Å². The highest BCUT2D eigenvalue weighted by atomic mass is 35.5. The van der Waals surface area contributed by atoms with Gasteiger partial charge in [-0.2, -0.15) is 0 Å². The molecule has 1 aliphatic carbocycles. The van der Waals surface area contributed by atoms with Gasteiger partial charge < -0.3 is 9.47 Å². The van der Waals surface area contributed by atoms with Crippen LogP contribution in [0.15, 0.2) is 36.5 Å². The molecule has 4 rings (SSSR count). The summed E-state index contributed by atoms with van der Waals surface area (Å²) >= 11 is 12.4. The number of pyridine rings is 1. The summed E-state index contributed by atoms with van der Waals surface area (Å²) < 4.78 is 2.27. The molecule has 1 amide bonds. The van der Waals surface area contributed by atoms with E-state index in [4.69, 9.17) is 28.2 Å². The van der Waals surface area contributed by atoms with Crippen LogP contribution in [0, 0.1) is 0 Å². The summed E-state index contributed by atoms with van der Waals surface area (Å²) in [6.45, 7) is 3.26. The Bertz CT molecular complexity index is 1060. The minimum Gasteiger partial charge on any atom is -0.331 e. The normalized spacial score (nSPS) is 14.4. The van der Waals surface area contributed by atoms with Crippen LogP contribution in [-0.2, 0) is 6.54 Å². The number of carbonyl (C=O) groups is 1. The van der Waals surface area contributed by atoms with E-state index in [0.717, 1.165) is 49.1 Å². The molecule has 0 radical (unpaired) electrons. The van der Waals surface area contributed by atoms with Crippen LogP contribution in [0.3, 0.4) is 0 Å². The molecule has 1 aromatic carbocycles. The highest BCUT2D eigenvalue weighted by Crippen LogP contribution is 2.33. The van der Waals surface area contributed by atoms with Gasteiger partial charge in [0.2, 0.25) is 0 Å². The lowest BCUT2D eigenvalue weighted by atomic mass is 10.1. The third-order valence-electron chi connectivity index (χ3n) is 6.02. The van der Waals surface area contributed by atoms with E-state index in [1.54, 1.807) is 18.2 Å². The lowest BCUT2D eigenvalue weighted by Gasteiger charge is -2.25. The van der Waals surface area contributed by atoms with Crippen LogP contribution in [0.4, 0.5) is 0 Å². The fourth-order valence-corrected chi connectivity index (χ4v) is 4.93. The number of rotatable bonds is 8. The predicted molar refractivity (Wildman–Crippen MR) is 126 cm³/mol. The Morgan fingerprint density at radius 1 is 1.19 bits per heavy atom. The Morgan fingerprint density at radius 3 is 2.74 bits per heavy atom. The molecule has 0 N–H and O–H groups in total. The lowest BCUT2D eigenvalue weighted by Crippen LogP contribution is -2.33. The van der Waals surface area contributed by atoms with E-state index in [0.29, 0.717) is 34.7 Å². The molecule has 1 saturated carbocycles. The first-order chi connectivity index (χ1) is 15.1. The summed E-state index contributed by atoms with van der Waals surface area (Å²) in [6, 6.07) is 9.34. The summed E-state index contributed by atoms with van der Waals surface area (Å²) in [5.74, 6) is 0.811. The number of hydrogen-bond donors (Lipinski definition) is 0. The van der Waals surface area contributed by atoms with Gasteiger partial charge in [-0.1, -0.05) is 55.8 Å². The average molecular weight is 459 g/mol. The molecule has 0 atom stereocenters. The standard InChI is InChI=1S/C24H28Cl2N4O/c1-2-3-6-14-29(24(31)19-12-11-17(25)15-20(19)26)16-22-28-21-10-7-13-27-23(21)30(22)18-8-4-5-9-18/h7,10-13,15,18H,2-6,8-9,14,16H2,1H3. The van der Waals surface area contributed by atoms with Gasteiger partial charge in [-0.05, 0) is 49.6 Å². The van der Waals surface area contributed by atoms with Crippen LogP contribution < -0.4 is 0 Å². The first kappa shape index (κ1) is 22.1. The Hall–Kier alpha value is -2.11. The maximum Gasteiger partial charge on any atom is 0.255 e. The molecule has 7 heteroatoms. The van der Waals surface area contributed by atoms with Crippen molar-refractivity contribution in [1.82, 2.24) is 19.4 Å². The van der Waals surface area contributed by atoms with Crippen molar-refractivity contribution < 1.29 is 4.79 Å². The van der Waals surface area contributed by atoms with Crippen molar-refractivity contribution in [3.05, 3.63) is 58.0 Å². The monoisotopic (exact) mass is 458 g/mol. The van der Waals surface area contributed by atoms with Crippen LogP contribution >= 0.6 is 23.2 Å². The average Bonchev–Trinajstić information content (AvgIpc) is 3.40. The van der Waals surface area contributed by atoms with E-state index in [2.05, 4.69) is 16.5 Å². The molecule has 0 spiro atoms. The third-order valence-corrected chi connectivity index (χ3v) is 6.57. The summed E-state index contributed by atoms with van der Waals surface area (Å²) in [4.78, 5) is 24.8. The first-order valence-electron chi connectivity index (χ1n) is 11.1. The van der Waals surface area contributed by atoms with Crippen molar-refractivity contribution in [2.24, 2.45) is 0 Å². The number of benzene rings is 1. The SMILES string of the molecule is CCCCCN(Cc1nc2cccnc2n1C1CCCC1)C(=O)c1ccc(Cl)cc1Cl. The van der Waals surface area contributed by atoms with Crippen molar-refractivity contribution in [3.8, 4) is 0 Å². The van der Waals surface area contributed by atoms with Gasteiger partial charge in [0.05, 0.1) is 17.1 Å². The summed E-state index contributed by atoms with van der Waals surface area (Å²) in [7, 11) is 0. The van der Waals surface area contributed by atoms with Gasteiger partial charge in [-0.3, -0.25) is 4.79 Å². The molecule has 164 valence electrons. The number of carbonyl (C=O) groups excluding carboxylic acids is 1. The van der Waals surface area contributed by atoms with Gasteiger partial charge in [0, 0.05) is 23.8 Å². The Morgan fingerprint density at radius 2 is 2.00 bits per heavy atom. The molecule has 3 aromatic rings. The fourth-order valence-electron chi connectivity index (χ4n) is 4.44. The molecule has 0 bridgehead atoms. The van der Waals surface area contributed by atoms with Crippen LogP contribution in [0.5, 0.6) is 0 Å². The van der Waals surface area contributed by atoms with E-state index >= 15 is 0 Å². The number of imidazole rings is 1. The zero-order valence-electron chi connectivity index (χ0n) is 17.9. The zero-order valence-corrected chi connectivity index (χ0v) is 19.4. The minimum absolute atomic E-state index is 0.0873. The number of aromatic nitrogens is 3. The molecule has 0 unspecified atom stereocenters. The molecule has 1 fully saturated rings. The van der Waals surface area contributed by atoms with Crippen molar-refractivity contribution in [2.75, 3.05) is 6.54 Å². The highest BCUT2D eigenvalue weighted by molar-refractivity contribution is 6.36. The molecule has 0 aliphatic heterocycles. The predicted octanol–water partition coefficient (Wildman–Crippen LogP) is 6.69. The van der Waals surface area contributed by atoms with Crippen LogP contribution in [0.25, 0.3) is 11.2 Å². The maximum atomic E-state index is 13.5. The number of amides is 1. The zero-order chi connectivity index (χ0) is 21.8. The van der Waals surface area contributed by atoms with Crippen molar-refractivity contribution in [1.29, 1.82) is 0 Å². The number of unbranched alkanes of at least 4 members (excludes halogenated alkanes) is 2. The van der Waals surface area contributed by atoms with Gasteiger partial charge in [0.15, 0.2) is 5.65 Å². The Balaban J connectivity index is 1.69. The molecule has 0 saturated heterocycles. The van der Waals surface area contributed by atoms with Crippen LogP contribution in [0.1, 0.15) is 74.1 Å². The smallest absolute Gasteiger partial charge is 0.255 e. The second kappa shape index (κ2) is 10.0. The second-order valence-corrected chi connectivity index (χ2v) is 9.08. The van der Waals surface area contributed by atoms with Gasteiger partial charge in [-0.15, -0.1) is 0 Å². The van der Waals surface area contributed by atoms with Crippen molar-refractivity contribution in [3.63, 3.8) is 0 Å². The van der Waals surface area contributed by atoms with Crippen LogP contribution in [-0.4, -0.2) is 31.9 Å². The molecular weight excluding hydrogens is 431 g/mol. The lowest BCUT2D eigenvalue weighted by molar-refractivity contribution is 0.0733. The summed E-state index contributed by atoms with van der Waals surface area (Å²) in [5.41, 5.74) is 2.27. The van der Waals surface area contributed by atoms with E-state index < -0.39 is 0 Å². The topological polar surface area (TPSA) is 51.0 Å². The van der Waals surface area contributed by atoms with Crippen molar-refractivity contribution in [2.45, 2.75) is 64.5 Å². The third kappa shape index (κ3) is 4.88. The number of halogens is 2. The van der Waals surface area contributed by atoms with Crippen molar-refractivity contribution >= 4 is 40.3 Å². The maximum absolute atomic E-state index is 13.5. The van der Waals surface area contributed by atoms with Gasteiger partial charge in [0.25, 0.3) is 5.91 Å². The highest BCUT2D eigenvalue weighted by Gasteiger charge is 2.26. The number of hydrogen-bond acceptors (Lipinski definition) is 3. The molecule has 2 heterocycles. The quantitative estimate of drug-likeness (QED) is 0.353. The summed E-state index contributed by atoms with van der Waals surface area (Å²) in [6.07, 6.45) is 9.61. The molecule has 2 aromatic heterocycles. The Kier molecular flexibility index (Phi) is 7.13. The summed E-state index contributed by atoms with van der Waals surface area (Å²) in [5, 5.41) is 0.900. The van der Waals surface area contributed by atoms with E-state index in [1.165, 1.54) is 12.8 Å². The minimum atomic E-state index is -0.0873. The van der Waals surface area contributed by atoms with E-state index in [-0.39, 0.29) is 5.91 Å². The molecule has 1 aliphatic rings. The molecule has 5 nitrogen and oxygen atoms in total. The first-order valence-corrected chi connectivity index (χ1v) is 11.9.